The van der Waals surface area contributed by atoms with Gasteiger partial charge in [0, 0.05) is 13.7 Å². The highest BCUT2D eigenvalue weighted by Gasteiger charge is 2.07. The first kappa shape index (κ1) is 12.9. The molecule has 1 atom stereocenters. The van der Waals surface area contributed by atoms with E-state index < -0.39 is 0 Å². The Hall–Kier alpha value is -1.20. The number of nitrogens with one attached hydrogen (secondary N) is 1. The van der Waals surface area contributed by atoms with E-state index in [1.165, 1.54) is 12.4 Å². The van der Waals surface area contributed by atoms with E-state index >= 15 is 0 Å². The van der Waals surface area contributed by atoms with Crippen molar-refractivity contribution in [3.8, 4) is 0 Å². The standard InChI is InChI=1S/C10H14ClN3O2/c1-16-7-9(11)3-4-12-10(15)8-2-5-13-14-6-8/h2,5-6,9H,3-4,7H2,1H3,(H,12,15). The Labute approximate surface area is 99.2 Å². The van der Waals surface area contributed by atoms with Gasteiger partial charge in [0.15, 0.2) is 0 Å². The Morgan fingerprint density at radius 1 is 1.62 bits per heavy atom. The predicted octanol–water partition coefficient (Wildman–Crippen LogP) is 0.850. The van der Waals surface area contributed by atoms with Crippen molar-refractivity contribution in [2.45, 2.75) is 11.8 Å². The number of ether oxygens (including phenoxy) is 1. The van der Waals surface area contributed by atoms with E-state index in [-0.39, 0.29) is 11.3 Å². The summed E-state index contributed by atoms with van der Waals surface area (Å²) in [5.74, 6) is -0.170. The molecule has 0 saturated heterocycles. The van der Waals surface area contributed by atoms with Gasteiger partial charge in [0.2, 0.25) is 0 Å². The minimum Gasteiger partial charge on any atom is -0.383 e. The van der Waals surface area contributed by atoms with Crippen LogP contribution in [0.3, 0.4) is 0 Å². The second-order valence-corrected chi connectivity index (χ2v) is 3.85. The number of methoxy groups -OCH3 is 1. The molecule has 0 aromatic carbocycles. The summed E-state index contributed by atoms with van der Waals surface area (Å²) in [6.07, 6.45) is 3.56. The Morgan fingerprint density at radius 3 is 3.06 bits per heavy atom. The lowest BCUT2D eigenvalue weighted by Gasteiger charge is -2.08. The van der Waals surface area contributed by atoms with E-state index in [0.29, 0.717) is 25.1 Å². The zero-order valence-corrected chi connectivity index (χ0v) is 9.78. The number of alkyl halides is 1. The van der Waals surface area contributed by atoms with Crippen LogP contribution in [-0.4, -0.2) is 41.7 Å². The van der Waals surface area contributed by atoms with Gasteiger partial charge in [-0.15, -0.1) is 11.6 Å². The molecule has 1 amide bonds. The van der Waals surface area contributed by atoms with Gasteiger partial charge in [0.05, 0.1) is 29.9 Å². The third-order valence-electron chi connectivity index (χ3n) is 1.94. The topological polar surface area (TPSA) is 64.1 Å². The molecule has 0 aliphatic heterocycles. The average molecular weight is 244 g/mol. The summed E-state index contributed by atoms with van der Waals surface area (Å²) < 4.78 is 4.88. The summed E-state index contributed by atoms with van der Waals surface area (Å²) in [7, 11) is 1.59. The number of aromatic nitrogens is 2. The van der Waals surface area contributed by atoms with Gasteiger partial charge in [-0.2, -0.15) is 10.2 Å². The van der Waals surface area contributed by atoms with E-state index in [1.54, 1.807) is 13.2 Å². The maximum atomic E-state index is 11.5. The molecule has 0 saturated carbocycles. The second-order valence-electron chi connectivity index (χ2n) is 3.23. The van der Waals surface area contributed by atoms with Gasteiger partial charge in [-0.1, -0.05) is 0 Å². The van der Waals surface area contributed by atoms with Crippen molar-refractivity contribution < 1.29 is 9.53 Å². The number of nitrogens with zero attached hydrogens (tertiary/aromatic N) is 2. The van der Waals surface area contributed by atoms with Gasteiger partial charge in [-0.25, -0.2) is 0 Å². The van der Waals surface area contributed by atoms with Crippen LogP contribution in [0.1, 0.15) is 16.8 Å². The van der Waals surface area contributed by atoms with Gasteiger partial charge in [0.25, 0.3) is 5.91 Å². The third-order valence-corrected chi connectivity index (χ3v) is 2.28. The lowest BCUT2D eigenvalue weighted by atomic mass is 10.2. The zero-order valence-electron chi connectivity index (χ0n) is 9.02. The molecule has 6 heteroatoms. The second kappa shape index (κ2) is 7.14. The number of carbonyl (C=O) groups is 1. The van der Waals surface area contributed by atoms with Crippen molar-refractivity contribution in [1.82, 2.24) is 15.5 Å². The molecule has 1 N–H and O–H groups in total. The molecule has 0 bridgehead atoms. The number of carbonyl (C=O) groups excluding carboxylic acids is 1. The van der Waals surface area contributed by atoms with Crippen molar-refractivity contribution in [1.29, 1.82) is 0 Å². The van der Waals surface area contributed by atoms with Crippen LogP contribution in [0.25, 0.3) is 0 Å². The van der Waals surface area contributed by atoms with Gasteiger partial charge < -0.3 is 10.1 Å². The van der Waals surface area contributed by atoms with Crippen LogP contribution >= 0.6 is 11.6 Å². The molecule has 0 spiro atoms. The predicted molar refractivity (Wildman–Crippen MR) is 60.5 cm³/mol. The van der Waals surface area contributed by atoms with Crippen LogP contribution < -0.4 is 5.32 Å². The van der Waals surface area contributed by atoms with E-state index in [9.17, 15) is 4.79 Å². The van der Waals surface area contributed by atoms with Crippen molar-refractivity contribution in [3.05, 3.63) is 24.0 Å². The molecule has 1 heterocycles. The molecule has 0 fully saturated rings. The number of hydrogen-bond donors (Lipinski definition) is 1. The molecule has 1 aromatic heterocycles. The van der Waals surface area contributed by atoms with Gasteiger partial charge >= 0.3 is 0 Å². The highest BCUT2D eigenvalue weighted by Crippen LogP contribution is 2.01. The summed E-state index contributed by atoms with van der Waals surface area (Å²) in [6.45, 7) is 0.993. The molecule has 1 unspecified atom stereocenters. The van der Waals surface area contributed by atoms with Crippen molar-refractivity contribution in [2.75, 3.05) is 20.3 Å². The number of halogens is 1. The summed E-state index contributed by atoms with van der Waals surface area (Å²) in [6, 6.07) is 1.61. The van der Waals surface area contributed by atoms with E-state index in [0.717, 1.165) is 0 Å². The maximum Gasteiger partial charge on any atom is 0.252 e. The number of hydrogen-bond acceptors (Lipinski definition) is 4. The molecule has 88 valence electrons. The molecular formula is C10H14ClN3O2. The van der Waals surface area contributed by atoms with E-state index in [1.807, 2.05) is 0 Å². The largest absolute Gasteiger partial charge is 0.383 e. The minimum absolute atomic E-state index is 0.0825. The van der Waals surface area contributed by atoms with Crippen molar-refractivity contribution in [2.24, 2.45) is 0 Å². The molecule has 16 heavy (non-hydrogen) atoms. The molecule has 0 aliphatic rings. The normalized spacial score (nSPS) is 12.1. The molecule has 5 nitrogen and oxygen atoms in total. The fourth-order valence-electron chi connectivity index (χ4n) is 1.13. The highest BCUT2D eigenvalue weighted by atomic mass is 35.5. The van der Waals surface area contributed by atoms with Gasteiger partial charge in [0.1, 0.15) is 0 Å². The fourth-order valence-corrected chi connectivity index (χ4v) is 1.37. The monoisotopic (exact) mass is 243 g/mol. The Balaban J connectivity index is 2.26. The van der Waals surface area contributed by atoms with Gasteiger partial charge in [-0.3, -0.25) is 4.79 Å². The van der Waals surface area contributed by atoms with Crippen molar-refractivity contribution >= 4 is 17.5 Å². The van der Waals surface area contributed by atoms with Crippen LogP contribution in [0.2, 0.25) is 0 Å². The van der Waals surface area contributed by atoms with E-state index in [2.05, 4.69) is 15.5 Å². The van der Waals surface area contributed by atoms with Crippen LogP contribution in [0.15, 0.2) is 18.5 Å². The summed E-state index contributed by atoms with van der Waals surface area (Å²) in [4.78, 5) is 11.5. The molecule has 1 aromatic rings. The molecule has 1 rings (SSSR count). The molecule has 0 radical (unpaired) electrons. The van der Waals surface area contributed by atoms with E-state index in [4.69, 9.17) is 16.3 Å². The average Bonchev–Trinajstić information content (AvgIpc) is 2.30. The van der Waals surface area contributed by atoms with Crippen LogP contribution in [0.4, 0.5) is 0 Å². The lowest BCUT2D eigenvalue weighted by Crippen LogP contribution is -2.27. The Morgan fingerprint density at radius 2 is 2.44 bits per heavy atom. The minimum atomic E-state index is -0.170. The quantitative estimate of drug-likeness (QED) is 0.753. The first-order valence-corrected chi connectivity index (χ1v) is 5.35. The summed E-state index contributed by atoms with van der Waals surface area (Å²) >= 11 is 5.91. The number of amides is 1. The Kier molecular flexibility index (Phi) is 5.74. The highest BCUT2D eigenvalue weighted by molar-refractivity contribution is 6.20. The summed E-state index contributed by atoms with van der Waals surface area (Å²) in [5, 5.41) is 9.87. The van der Waals surface area contributed by atoms with Crippen LogP contribution in [0.5, 0.6) is 0 Å². The molecular weight excluding hydrogens is 230 g/mol. The lowest BCUT2D eigenvalue weighted by molar-refractivity contribution is 0.0951. The smallest absolute Gasteiger partial charge is 0.252 e. The van der Waals surface area contributed by atoms with Gasteiger partial charge in [-0.05, 0) is 12.5 Å². The maximum absolute atomic E-state index is 11.5. The fraction of sp³-hybridized carbons (Fsp3) is 0.500. The Bertz CT molecular complexity index is 321. The van der Waals surface area contributed by atoms with Crippen molar-refractivity contribution in [3.63, 3.8) is 0 Å². The first-order chi connectivity index (χ1) is 7.74. The SMILES string of the molecule is COCC(Cl)CCNC(=O)c1ccnnc1. The zero-order chi connectivity index (χ0) is 11.8. The number of rotatable bonds is 6. The van der Waals surface area contributed by atoms with Crippen LogP contribution in [0, 0.1) is 0 Å². The van der Waals surface area contributed by atoms with Crippen LogP contribution in [-0.2, 0) is 4.74 Å². The molecule has 0 aliphatic carbocycles. The third kappa shape index (κ3) is 4.55. The first-order valence-electron chi connectivity index (χ1n) is 4.92. The summed E-state index contributed by atoms with van der Waals surface area (Å²) in [5.41, 5.74) is 0.493.